The number of fused-ring (bicyclic) bond motifs is 1. The number of hydrogen-bond donors (Lipinski definition) is 1. The molecule has 2 aromatic rings. The Bertz CT molecular complexity index is 809. The van der Waals surface area contributed by atoms with Crippen molar-refractivity contribution in [3.63, 3.8) is 0 Å². The van der Waals surface area contributed by atoms with Gasteiger partial charge in [-0.25, -0.2) is 0 Å². The number of halogens is 1. The third-order valence-corrected chi connectivity index (χ3v) is 5.20. The zero-order valence-electron chi connectivity index (χ0n) is 16.3. The summed E-state index contributed by atoms with van der Waals surface area (Å²) in [5.41, 5.74) is 3.46. The summed E-state index contributed by atoms with van der Waals surface area (Å²) >= 11 is 6.69. The van der Waals surface area contributed by atoms with Gasteiger partial charge in [0.15, 0.2) is 23.0 Å². The van der Waals surface area contributed by atoms with Crippen LogP contribution in [-0.2, 0) is 6.42 Å². The third kappa shape index (κ3) is 3.80. The van der Waals surface area contributed by atoms with Gasteiger partial charge >= 0.3 is 0 Å². The molecule has 0 fully saturated rings. The molecule has 0 saturated heterocycles. The van der Waals surface area contributed by atoms with Gasteiger partial charge in [0, 0.05) is 17.5 Å². The normalized spacial score (nSPS) is 15.8. The van der Waals surface area contributed by atoms with E-state index in [-0.39, 0.29) is 6.04 Å². The first-order valence-corrected chi connectivity index (χ1v) is 9.68. The van der Waals surface area contributed by atoms with Crippen molar-refractivity contribution in [1.82, 2.24) is 0 Å². The minimum absolute atomic E-state index is 0.0657. The van der Waals surface area contributed by atoms with Crippen LogP contribution in [0.4, 0.5) is 0 Å². The molecule has 1 aliphatic heterocycles. The summed E-state index contributed by atoms with van der Waals surface area (Å²) in [5.74, 6) is 2.77. The molecule has 3 rings (SSSR count). The fourth-order valence-electron chi connectivity index (χ4n) is 3.63. The molecule has 0 amide bonds. The van der Waals surface area contributed by atoms with Crippen molar-refractivity contribution >= 4 is 11.6 Å². The first kappa shape index (κ1) is 19.6. The Labute approximate surface area is 165 Å². The van der Waals surface area contributed by atoms with Crippen molar-refractivity contribution < 1.29 is 24.3 Å². The van der Waals surface area contributed by atoms with E-state index in [1.165, 1.54) is 11.1 Å². The zero-order valence-corrected chi connectivity index (χ0v) is 17.1. The summed E-state index contributed by atoms with van der Waals surface area (Å²) in [6.45, 7) is 6.13. The van der Waals surface area contributed by atoms with Gasteiger partial charge in [-0.2, -0.15) is 0 Å². The lowest BCUT2D eigenvalue weighted by molar-refractivity contribution is -0.690. The van der Waals surface area contributed by atoms with E-state index in [2.05, 4.69) is 17.4 Å². The molecule has 2 N–H and O–H groups in total. The largest absolute Gasteiger partial charge is 0.493 e. The summed E-state index contributed by atoms with van der Waals surface area (Å²) in [4.78, 5) is 0. The van der Waals surface area contributed by atoms with Gasteiger partial charge in [0.25, 0.3) is 0 Å². The van der Waals surface area contributed by atoms with Crippen molar-refractivity contribution in [3.05, 3.63) is 46.0 Å². The molecule has 1 heterocycles. The summed E-state index contributed by atoms with van der Waals surface area (Å²) in [7, 11) is 3.22. The van der Waals surface area contributed by atoms with Gasteiger partial charge in [-0.3, -0.25) is 0 Å². The number of benzene rings is 2. The molecule has 5 nitrogen and oxygen atoms in total. The van der Waals surface area contributed by atoms with Crippen molar-refractivity contribution in [1.29, 1.82) is 0 Å². The Balaban J connectivity index is 2.10. The quantitative estimate of drug-likeness (QED) is 0.785. The second kappa shape index (κ2) is 8.72. The third-order valence-electron chi connectivity index (χ3n) is 4.81. The molecule has 1 aliphatic rings. The van der Waals surface area contributed by atoms with Crippen LogP contribution in [-0.4, -0.2) is 34.0 Å². The molecule has 0 saturated carbocycles. The molecule has 146 valence electrons. The molecule has 1 atom stereocenters. The number of quaternary nitrogens is 1. The second-order valence-electron chi connectivity index (χ2n) is 6.32. The Morgan fingerprint density at radius 3 is 2.30 bits per heavy atom. The number of hydrogen-bond acceptors (Lipinski definition) is 4. The maximum absolute atomic E-state index is 6.69. The molecule has 0 aromatic heterocycles. The van der Waals surface area contributed by atoms with Crippen LogP contribution in [0.15, 0.2) is 24.3 Å². The first-order valence-electron chi connectivity index (χ1n) is 9.30. The maximum atomic E-state index is 6.69. The number of methoxy groups -OCH3 is 2. The van der Waals surface area contributed by atoms with Gasteiger partial charge in [-0.1, -0.05) is 11.6 Å². The minimum atomic E-state index is 0.0657. The van der Waals surface area contributed by atoms with Crippen molar-refractivity contribution in [2.45, 2.75) is 26.3 Å². The van der Waals surface area contributed by atoms with Crippen molar-refractivity contribution in [2.24, 2.45) is 0 Å². The minimum Gasteiger partial charge on any atom is -0.493 e. The molecule has 0 bridgehead atoms. The van der Waals surface area contributed by atoms with E-state index in [4.69, 9.17) is 30.5 Å². The van der Waals surface area contributed by atoms with Gasteiger partial charge in [0.1, 0.15) is 6.04 Å². The molecule has 27 heavy (non-hydrogen) atoms. The summed E-state index contributed by atoms with van der Waals surface area (Å²) in [5, 5.41) is 2.88. The van der Waals surface area contributed by atoms with E-state index in [9.17, 15) is 0 Å². The predicted octanol–water partition coefficient (Wildman–Crippen LogP) is 3.36. The van der Waals surface area contributed by atoms with E-state index >= 15 is 0 Å². The number of ether oxygens (including phenoxy) is 4. The van der Waals surface area contributed by atoms with Crippen LogP contribution in [0.1, 0.15) is 36.6 Å². The lowest BCUT2D eigenvalue weighted by Crippen LogP contribution is -2.87. The summed E-state index contributed by atoms with van der Waals surface area (Å²) < 4.78 is 22.5. The van der Waals surface area contributed by atoms with Gasteiger partial charge < -0.3 is 24.3 Å². The van der Waals surface area contributed by atoms with Crippen LogP contribution in [0.2, 0.25) is 5.02 Å². The van der Waals surface area contributed by atoms with E-state index in [0.29, 0.717) is 29.7 Å². The van der Waals surface area contributed by atoms with Crippen LogP contribution in [0.3, 0.4) is 0 Å². The Kier molecular flexibility index (Phi) is 6.34. The molecular formula is C21H27ClNO4+. The lowest BCUT2D eigenvalue weighted by Gasteiger charge is -2.27. The van der Waals surface area contributed by atoms with E-state index in [0.717, 1.165) is 30.0 Å². The first-order chi connectivity index (χ1) is 13.1. The van der Waals surface area contributed by atoms with Gasteiger partial charge in [0.05, 0.1) is 39.0 Å². The van der Waals surface area contributed by atoms with E-state index < -0.39 is 0 Å². The lowest BCUT2D eigenvalue weighted by atomic mass is 9.89. The highest BCUT2D eigenvalue weighted by molar-refractivity contribution is 6.33. The summed E-state index contributed by atoms with van der Waals surface area (Å²) in [6.07, 6.45) is 0.975. The second-order valence-corrected chi connectivity index (χ2v) is 6.70. The van der Waals surface area contributed by atoms with Crippen LogP contribution < -0.4 is 24.3 Å². The highest BCUT2D eigenvalue weighted by Gasteiger charge is 2.30. The average molecular weight is 393 g/mol. The van der Waals surface area contributed by atoms with Gasteiger partial charge in [0.2, 0.25) is 0 Å². The molecule has 2 aromatic carbocycles. The highest BCUT2D eigenvalue weighted by Crippen LogP contribution is 2.42. The van der Waals surface area contributed by atoms with Crippen LogP contribution in [0.5, 0.6) is 23.0 Å². The fraction of sp³-hybridized carbons (Fsp3) is 0.429. The van der Waals surface area contributed by atoms with E-state index in [1.54, 1.807) is 14.2 Å². The maximum Gasteiger partial charge on any atom is 0.179 e. The Morgan fingerprint density at radius 1 is 0.963 bits per heavy atom. The van der Waals surface area contributed by atoms with Gasteiger partial charge in [-0.15, -0.1) is 0 Å². The van der Waals surface area contributed by atoms with Crippen molar-refractivity contribution in [3.8, 4) is 23.0 Å². The summed E-state index contributed by atoms with van der Waals surface area (Å²) in [6, 6.07) is 8.18. The monoisotopic (exact) mass is 392 g/mol. The molecule has 0 spiro atoms. The Morgan fingerprint density at radius 2 is 1.67 bits per heavy atom. The molecule has 6 heteroatoms. The number of rotatable bonds is 7. The highest BCUT2D eigenvalue weighted by atomic mass is 35.5. The molecule has 0 unspecified atom stereocenters. The SMILES string of the molecule is CCOc1cc2c(cc1OCC)[C@H](c1ccc(OC)c(OC)c1Cl)[NH2+]CC2. The molecule has 0 aliphatic carbocycles. The fourth-order valence-corrected chi connectivity index (χ4v) is 3.98. The average Bonchev–Trinajstić information content (AvgIpc) is 2.68. The van der Waals surface area contributed by atoms with Crippen molar-refractivity contribution in [2.75, 3.05) is 34.0 Å². The standard InChI is InChI=1S/C21H26ClNO4/c1-5-26-17-11-13-9-10-23-20(15(13)12-18(17)27-6-2)14-7-8-16(24-3)21(25-4)19(14)22/h7-8,11-12,20,23H,5-6,9-10H2,1-4H3/p+1/t20-/m0/s1. The zero-order chi connectivity index (χ0) is 19.4. The topological polar surface area (TPSA) is 53.5 Å². The predicted molar refractivity (Wildman–Crippen MR) is 106 cm³/mol. The number of nitrogens with two attached hydrogens (primary N) is 1. The smallest absolute Gasteiger partial charge is 0.179 e. The Hall–Kier alpha value is -2.11. The van der Waals surface area contributed by atoms with Crippen LogP contribution >= 0.6 is 11.6 Å². The molecule has 0 radical (unpaired) electrons. The van der Waals surface area contributed by atoms with Crippen LogP contribution in [0.25, 0.3) is 0 Å². The van der Waals surface area contributed by atoms with E-state index in [1.807, 2.05) is 26.0 Å². The van der Waals surface area contributed by atoms with Gasteiger partial charge in [-0.05, 0) is 43.7 Å². The van der Waals surface area contributed by atoms with Crippen LogP contribution in [0, 0.1) is 0 Å². The molecular weight excluding hydrogens is 366 g/mol.